The molecular weight excluding hydrogens is 239 g/mol. The maximum Gasteiger partial charge on any atom is 0.389 e. The van der Waals surface area contributed by atoms with Gasteiger partial charge in [-0.05, 0) is 30.4 Å². The molecule has 0 heterocycles. The van der Waals surface area contributed by atoms with Crippen LogP contribution in [0.2, 0.25) is 0 Å². The fraction of sp³-hybridized carbons (Fsp3) is 0.571. The Labute approximate surface area is 106 Å². The molecule has 0 amide bonds. The Kier molecular flexibility index (Phi) is 5.66. The second kappa shape index (κ2) is 6.78. The van der Waals surface area contributed by atoms with Crippen molar-refractivity contribution in [2.75, 3.05) is 0 Å². The maximum atomic E-state index is 12.1. The van der Waals surface area contributed by atoms with E-state index in [0.717, 1.165) is 24.8 Å². The molecule has 1 atom stereocenters. The average molecular weight is 259 g/mol. The third-order valence-corrected chi connectivity index (χ3v) is 2.97. The Bertz CT molecular complexity index is 343. The van der Waals surface area contributed by atoms with E-state index in [4.69, 9.17) is 5.73 Å². The van der Waals surface area contributed by atoms with Crippen LogP contribution < -0.4 is 5.73 Å². The summed E-state index contributed by atoms with van der Waals surface area (Å²) in [5.74, 6) is 0. The van der Waals surface area contributed by atoms with Crippen LogP contribution in [-0.2, 0) is 6.42 Å². The Hall–Kier alpha value is -1.03. The number of nitrogens with two attached hydrogens (primary N) is 1. The molecular formula is C14H20F3N. The third-order valence-electron chi connectivity index (χ3n) is 2.97. The van der Waals surface area contributed by atoms with Crippen molar-refractivity contribution in [3.8, 4) is 0 Å². The molecule has 4 heteroatoms. The zero-order valence-electron chi connectivity index (χ0n) is 10.6. The minimum Gasteiger partial charge on any atom is -0.324 e. The normalized spacial score (nSPS) is 13.6. The molecule has 0 aliphatic carbocycles. The van der Waals surface area contributed by atoms with Gasteiger partial charge in [0.25, 0.3) is 0 Å². The Morgan fingerprint density at radius 2 is 1.78 bits per heavy atom. The second-order valence-electron chi connectivity index (χ2n) is 4.61. The number of rotatable bonds is 6. The van der Waals surface area contributed by atoms with Crippen molar-refractivity contribution >= 4 is 0 Å². The van der Waals surface area contributed by atoms with Crippen LogP contribution in [-0.4, -0.2) is 6.18 Å². The zero-order valence-corrected chi connectivity index (χ0v) is 10.6. The SMILES string of the molecule is CCCCc1ccc(C(N)CCC(F)(F)F)cc1. The molecule has 0 aliphatic rings. The minimum atomic E-state index is -4.13. The molecule has 1 aromatic rings. The summed E-state index contributed by atoms with van der Waals surface area (Å²) in [5.41, 5.74) is 7.74. The van der Waals surface area contributed by atoms with Gasteiger partial charge in [-0.3, -0.25) is 0 Å². The predicted molar refractivity (Wildman–Crippen MR) is 67.3 cm³/mol. The van der Waals surface area contributed by atoms with Crippen molar-refractivity contribution in [1.82, 2.24) is 0 Å². The highest BCUT2D eigenvalue weighted by atomic mass is 19.4. The lowest BCUT2D eigenvalue weighted by Crippen LogP contribution is -2.15. The van der Waals surface area contributed by atoms with E-state index < -0.39 is 18.6 Å². The summed E-state index contributed by atoms with van der Waals surface area (Å²) < 4.78 is 36.2. The number of aryl methyl sites for hydroxylation is 1. The van der Waals surface area contributed by atoms with E-state index in [1.807, 2.05) is 24.3 Å². The van der Waals surface area contributed by atoms with Gasteiger partial charge >= 0.3 is 6.18 Å². The van der Waals surface area contributed by atoms with E-state index in [1.165, 1.54) is 5.56 Å². The van der Waals surface area contributed by atoms with Crippen molar-refractivity contribution in [2.45, 2.75) is 51.2 Å². The second-order valence-corrected chi connectivity index (χ2v) is 4.61. The molecule has 0 fully saturated rings. The van der Waals surface area contributed by atoms with Gasteiger partial charge in [-0.2, -0.15) is 13.2 Å². The highest BCUT2D eigenvalue weighted by molar-refractivity contribution is 5.24. The summed E-state index contributed by atoms with van der Waals surface area (Å²) in [7, 11) is 0. The largest absolute Gasteiger partial charge is 0.389 e. The highest BCUT2D eigenvalue weighted by Gasteiger charge is 2.27. The Balaban J connectivity index is 2.51. The van der Waals surface area contributed by atoms with Gasteiger partial charge in [-0.25, -0.2) is 0 Å². The smallest absolute Gasteiger partial charge is 0.324 e. The molecule has 0 saturated carbocycles. The van der Waals surface area contributed by atoms with Crippen molar-refractivity contribution in [2.24, 2.45) is 5.73 Å². The van der Waals surface area contributed by atoms with Gasteiger partial charge in [-0.15, -0.1) is 0 Å². The van der Waals surface area contributed by atoms with Gasteiger partial charge in [0.1, 0.15) is 0 Å². The molecule has 0 bridgehead atoms. The number of benzene rings is 1. The summed E-state index contributed by atoms with van der Waals surface area (Å²) in [5, 5.41) is 0. The topological polar surface area (TPSA) is 26.0 Å². The number of hydrogen-bond acceptors (Lipinski definition) is 1. The number of unbranched alkanes of at least 4 members (excludes halogenated alkanes) is 1. The zero-order chi connectivity index (χ0) is 13.6. The van der Waals surface area contributed by atoms with Crippen LogP contribution in [0.1, 0.15) is 49.8 Å². The fourth-order valence-electron chi connectivity index (χ4n) is 1.80. The summed E-state index contributed by atoms with van der Waals surface area (Å²) in [6.07, 6.45) is -1.75. The quantitative estimate of drug-likeness (QED) is 0.806. The van der Waals surface area contributed by atoms with E-state index in [9.17, 15) is 13.2 Å². The molecule has 0 aromatic heterocycles. The first-order valence-electron chi connectivity index (χ1n) is 6.33. The summed E-state index contributed by atoms with van der Waals surface area (Å²) in [6, 6.07) is 7.06. The molecule has 0 aliphatic heterocycles. The first-order chi connectivity index (χ1) is 8.42. The van der Waals surface area contributed by atoms with Crippen molar-refractivity contribution < 1.29 is 13.2 Å². The van der Waals surface area contributed by atoms with Gasteiger partial charge < -0.3 is 5.73 Å². The molecule has 1 aromatic carbocycles. The molecule has 1 rings (SSSR count). The molecule has 102 valence electrons. The molecule has 0 saturated heterocycles. The summed E-state index contributed by atoms with van der Waals surface area (Å²) >= 11 is 0. The molecule has 1 nitrogen and oxygen atoms in total. The minimum absolute atomic E-state index is 0.0577. The lowest BCUT2D eigenvalue weighted by atomic mass is 10.00. The van der Waals surface area contributed by atoms with Gasteiger partial charge in [0, 0.05) is 12.5 Å². The number of halogens is 3. The average Bonchev–Trinajstić information content (AvgIpc) is 2.33. The van der Waals surface area contributed by atoms with E-state index >= 15 is 0 Å². The van der Waals surface area contributed by atoms with E-state index in [-0.39, 0.29) is 6.42 Å². The lowest BCUT2D eigenvalue weighted by molar-refractivity contribution is -0.136. The van der Waals surface area contributed by atoms with Gasteiger partial charge in [0.15, 0.2) is 0 Å². The number of alkyl halides is 3. The van der Waals surface area contributed by atoms with E-state index in [0.29, 0.717) is 0 Å². The lowest BCUT2D eigenvalue weighted by Gasteiger charge is -2.14. The van der Waals surface area contributed by atoms with Gasteiger partial charge in [0.05, 0.1) is 0 Å². The van der Waals surface area contributed by atoms with Gasteiger partial charge in [0.2, 0.25) is 0 Å². The first kappa shape index (κ1) is 15.0. The summed E-state index contributed by atoms with van der Waals surface area (Å²) in [4.78, 5) is 0. The fourth-order valence-corrected chi connectivity index (χ4v) is 1.80. The Morgan fingerprint density at radius 3 is 2.28 bits per heavy atom. The molecule has 0 spiro atoms. The predicted octanol–water partition coefficient (Wildman–Crippen LogP) is 4.37. The van der Waals surface area contributed by atoms with Gasteiger partial charge in [-0.1, -0.05) is 37.6 Å². The van der Waals surface area contributed by atoms with Crippen LogP contribution in [0.3, 0.4) is 0 Å². The van der Waals surface area contributed by atoms with Crippen molar-refractivity contribution in [3.05, 3.63) is 35.4 Å². The van der Waals surface area contributed by atoms with Crippen molar-refractivity contribution in [3.63, 3.8) is 0 Å². The first-order valence-corrected chi connectivity index (χ1v) is 6.33. The van der Waals surface area contributed by atoms with Crippen LogP contribution in [0.25, 0.3) is 0 Å². The molecule has 1 unspecified atom stereocenters. The van der Waals surface area contributed by atoms with Crippen molar-refractivity contribution in [1.29, 1.82) is 0 Å². The number of hydrogen-bond donors (Lipinski definition) is 1. The van der Waals surface area contributed by atoms with Crippen LogP contribution >= 0.6 is 0 Å². The maximum absolute atomic E-state index is 12.1. The Morgan fingerprint density at radius 1 is 1.17 bits per heavy atom. The standard InChI is InChI=1S/C14H20F3N/c1-2-3-4-11-5-7-12(8-6-11)13(18)9-10-14(15,16)17/h5-8,13H,2-4,9-10,18H2,1H3. The van der Waals surface area contributed by atoms with E-state index in [1.54, 1.807) is 0 Å². The van der Waals surface area contributed by atoms with Crippen LogP contribution in [0.5, 0.6) is 0 Å². The van der Waals surface area contributed by atoms with Crippen LogP contribution in [0.4, 0.5) is 13.2 Å². The van der Waals surface area contributed by atoms with Crippen LogP contribution in [0, 0.1) is 0 Å². The molecule has 0 radical (unpaired) electrons. The third kappa shape index (κ3) is 5.54. The highest BCUT2D eigenvalue weighted by Crippen LogP contribution is 2.26. The monoisotopic (exact) mass is 259 g/mol. The van der Waals surface area contributed by atoms with E-state index in [2.05, 4.69) is 6.92 Å². The molecule has 18 heavy (non-hydrogen) atoms. The summed E-state index contributed by atoms with van der Waals surface area (Å²) in [6.45, 7) is 2.13. The molecule has 2 N–H and O–H groups in total. The van der Waals surface area contributed by atoms with Crippen LogP contribution in [0.15, 0.2) is 24.3 Å².